The number of benzene rings is 1. The van der Waals surface area contributed by atoms with E-state index in [1.807, 2.05) is 6.92 Å². The molecule has 4 rings (SSSR count). The minimum absolute atomic E-state index is 0.0459. The first-order valence-electron chi connectivity index (χ1n) is 8.44. The summed E-state index contributed by atoms with van der Waals surface area (Å²) in [6.45, 7) is 3.91. The zero-order chi connectivity index (χ0) is 15.9. The molecule has 0 saturated carbocycles. The summed E-state index contributed by atoms with van der Waals surface area (Å²) in [6.07, 6.45) is 6.52. The van der Waals surface area contributed by atoms with E-state index in [0.717, 1.165) is 24.6 Å². The van der Waals surface area contributed by atoms with E-state index in [0.29, 0.717) is 11.1 Å². The van der Waals surface area contributed by atoms with Gasteiger partial charge in [-0.2, -0.15) is 0 Å². The van der Waals surface area contributed by atoms with Crippen molar-refractivity contribution in [2.45, 2.75) is 39.2 Å². The monoisotopic (exact) mass is 309 g/mol. The van der Waals surface area contributed by atoms with Crippen LogP contribution in [0, 0.1) is 12.3 Å². The van der Waals surface area contributed by atoms with Crippen molar-refractivity contribution in [1.29, 1.82) is 0 Å². The van der Waals surface area contributed by atoms with Crippen LogP contribution in [-0.2, 0) is 19.4 Å². The van der Waals surface area contributed by atoms with Gasteiger partial charge in [-0.25, -0.2) is 4.98 Å². The number of aliphatic hydroxyl groups is 1. The summed E-state index contributed by atoms with van der Waals surface area (Å²) >= 11 is 0. The highest BCUT2D eigenvalue weighted by molar-refractivity contribution is 5.45. The molecule has 1 aromatic carbocycles. The molecule has 1 N–H and O–H groups in total. The van der Waals surface area contributed by atoms with Crippen molar-refractivity contribution in [1.82, 2.24) is 9.97 Å². The maximum atomic E-state index is 9.53. The molecule has 0 atom stereocenters. The molecule has 2 aromatic rings. The Morgan fingerprint density at radius 1 is 1.13 bits per heavy atom. The summed E-state index contributed by atoms with van der Waals surface area (Å²) in [5, 5.41) is 9.53. The van der Waals surface area contributed by atoms with Crippen LogP contribution in [0.15, 0.2) is 30.5 Å². The number of aliphatic hydroxyl groups excluding tert-OH is 1. The number of hydrogen-bond donors (Lipinski definition) is 1. The highest BCUT2D eigenvalue weighted by atomic mass is 16.3. The summed E-state index contributed by atoms with van der Waals surface area (Å²) in [6, 6.07) is 8.88. The molecule has 1 aromatic heterocycles. The minimum atomic E-state index is -0.0459. The van der Waals surface area contributed by atoms with Crippen molar-refractivity contribution in [3.05, 3.63) is 53.0 Å². The molecule has 1 spiro atoms. The average molecular weight is 309 g/mol. The van der Waals surface area contributed by atoms with E-state index >= 15 is 0 Å². The third-order valence-corrected chi connectivity index (χ3v) is 5.47. The number of piperidine rings is 1. The number of hydrogen-bond acceptors (Lipinski definition) is 4. The predicted molar refractivity (Wildman–Crippen MR) is 90.4 cm³/mol. The first-order valence-corrected chi connectivity index (χ1v) is 8.44. The van der Waals surface area contributed by atoms with Crippen molar-refractivity contribution in [2.24, 2.45) is 5.41 Å². The second-order valence-corrected chi connectivity index (χ2v) is 7.05. The van der Waals surface area contributed by atoms with Crippen LogP contribution >= 0.6 is 0 Å². The molecule has 1 fully saturated rings. The molecule has 23 heavy (non-hydrogen) atoms. The molecule has 4 nitrogen and oxygen atoms in total. The molecular formula is C19H23N3O. The van der Waals surface area contributed by atoms with Crippen LogP contribution in [0.4, 0.5) is 5.82 Å². The number of fused-ring (bicyclic) bond motifs is 1. The molecule has 4 heteroatoms. The molecule has 0 bridgehead atoms. The van der Waals surface area contributed by atoms with Crippen LogP contribution in [0.1, 0.15) is 35.4 Å². The zero-order valence-electron chi connectivity index (χ0n) is 13.6. The van der Waals surface area contributed by atoms with Gasteiger partial charge in [-0.15, -0.1) is 0 Å². The Labute approximate surface area is 137 Å². The topological polar surface area (TPSA) is 49.3 Å². The van der Waals surface area contributed by atoms with Crippen LogP contribution in [0.25, 0.3) is 0 Å². The lowest BCUT2D eigenvalue weighted by atomic mass is 9.76. The van der Waals surface area contributed by atoms with Crippen LogP contribution in [0.5, 0.6) is 0 Å². The minimum Gasteiger partial charge on any atom is -0.390 e. The van der Waals surface area contributed by atoms with E-state index in [9.17, 15) is 5.11 Å². The first-order chi connectivity index (χ1) is 11.2. The quantitative estimate of drug-likeness (QED) is 0.926. The van der Waals surface area contributed by atoms with Gasteiger partial charge < -0.3 is 10.0 Å². The SMILES string of the molecule is Cc1cnc(CO)c(N2CCC3(CC2)Cc2ccccc2C3)n1. The molecule has 2 aliphatic rings. The van der Waals surface area contributed by atoms with Crippen LogP contribution in [0.2, 0.25) is 0 Å². The van der Waals surface area contributed by atoms with Crippen molar-refractivity contribution < 1.29 is 5.11 Å². The van der Waals surface area contributed by atoms with Crippen molar-refractivity contribution >= 4 is 5.82 Å². The lowest BCUT2D eigenvalue weighted by Crippen LogP contribution is -2.41. The number of nitrogens with zero attached hydrogens (tertiary/aromatic N) is 3. The molecule has 1 aliphatic heterocycles. The fourth-order valence-electron chi connectivity index (χ4n) is 4.17. The average Bonchev–Trinajstić information content (AvgIpc) is 2.93. The van der Waals surface area contributed by atoms with Gasteiger partial charge >= 0.3 is 0 Å². The Hall–Kier alpha value is -1.94. The van der Waals surface area contributed by atoms with Crippen molar-refractivity contribution in [2.75, 3.05) is 18.0 Å². The normalized spacial score (nSPS) is 19.1. The lowest BCUT2D eigenvalue weighted by molar-refractivity contribution is 0.231. The molecule has 1 aliphatic carbocycles. The van der Waals surface area contributed by atoms with Crippen molar-refractivity contribution in [3.63, 3.8) is 0 Å². The van der Waals surface area contributed by atoms with Gasteiger partial charge in [0.1, 0.15) is 5.69 Å². The number of aromatic nitrogens is 2. The lowest BCUT2D eigenvalue weighted by Gasteiger charge is -2.40. The first kappa shape index (κ1) is 14.6. The maximum Gasteiger partial charge on any atom is 0.153 e. The van der Waals surface area contributed by atoms with E-state index < -0.39 is 0 Å². The van der Waals surface area contributed by atoms with E-state index in [1.165, 1.54) is 36.8 Å². The predicted octanol–water partition coefficient (Wildman–Crippen LogP) is 2.66. The molecule has 0 unspecified atom stereocenters. The fourth-order valence-corrected chi connectivity index (χ4v) is 4.17. The summed E-state index contributed by atoms with van der Waals surface area (Å²) < 4.78 is 0. The van der Waals surface area contributed by atoms with Gasteiger partial charge in [-0.1, -0.05) is 24.3 Å². The molecule has 0 amide bonds. The summed E-state index contributed by atoms with van der Waals surface area (Å²) in [7, 11) is 0. The second-order valence-electron chi connectivity index (χ2n) is 7.05. The van der Waals surface area contributed by atoms with E-state index in [4.69, 9.17) is 0 Å². The van der Waals surface area contributed by atoms with E-state index in [1.54, 1.807) is 6.20 Å². The highest BCUT2D eigenvalue weighted by Crippen LogP contribution is 2.45. The van der Waals surface area contributed by atoms with Gasteiger partial charge in [0.05, 0.1) is 12.3 Å². The Balaban J connectivity index is 1.51. The Bertz CT molecular complexity index is 693. The summed E-state index contributed by atoms with van der Waals surface area (Å²) in [5.74, 6) is 0.873. The molecule has 120 valence electrons. The Morgan fingerprint density at radius 3 is 2.39 bits per heavy atom. The fraction of sp³-hybridized carbons (Fsp3) is 0.474. The Morgan fingerprint density at radius 2 is 1.78 bits per heavy atom. The number of rotatable bonds is 2. The van der Waals surface area contributed by atoms with Crippen LogP contribution < -0.4 is 4.90 Å². The van der Waals surface area contributed by atoms with Gasteiger partial charge in [-0.3, -0.25) is 4.98 Å². The second kappa shape index (κ2) is 5.60. The van der Waals surface area contributed by atoms with E-state index in [-0.39, 0.29) is 6.61 Å². The van der Waals surface area contributed by atoms with Gasteiger partial charge in [0.25, 0.3) is 0 Å². The standard InChI is InChI=1S/C19H23N3O/c1-14-12-20-17(13-23)18(21-14)22-8-6-19(7-9-22)10-15-4-2-3-5-16(15)11-19/h2-5,12,23H,6-11,13H2,1H3. The van der Waals surface area contributed by atoms with Crippen molar-refractivity contribution in [3.8, 4) is 0 Å². The molecule has 2 heterocycles. The van der Waals surface area contributed by atoms with Gasteiger partial charge in [0.2, 0.25) is 0 Å². The van der Waals surface area contributed by atoms with Crippen LogP contribution in [-0.4, -0.2) is 28.2 Å². The van der Waals surface area contributed by atoms with Crippen LogP contribution in [0.3, 0.4) is 0 Å². The van der Waals surface area contributed by atoms with Gasteiger partial charge in [0, 0.05) is 19.3 Å². The molecule has 1 saturated heterocycles. The molecule has 0 radical (unpaired) electrons. The Kier molecular flexibility index (Phi) is 3.57. The third-order valence-electron chi connectivity index (χ3n) is 5.47. The maximum absolute atomic E-state index is 9.53. The van der Waals surface area contributed by atoms with Gasteiger partial charge in [0.15, 0.2) is 5.82 Å². The van der Waals surface area contributed by atoms with Gasteiger partial charge in [-0.05, 0) is 49.1 Å². The third kappa shape index (κ3) is 2.61. The number of aryl methyl sites for hydroxylation is 1. The number of anilines is 1. The largest absolute Gasteiger partial charge is 0.390 e. The van der Waals surface area contributed by atoms with E-state index in [2.05, 4.69) is 39.1 Å². The molecular weight excluding hydrogens is 286 g/mol. The summed E-state index contributed by atoms with van der Waals surface area (Å²) in [4.78, 5) is 11.3. The smallest absolute Gasteiger partial charge is 0.153 e. The summed E-state index contributed by atoms with van der Waals surface area (Å²) in [5.41, 5.74) is 5.10. The highest BCUT2D eigenvalue weighted by Gasteiger charge is 2.40. The zero-order valence-corrected chi connectivity index (χ0v) is 13.6.